The van der Waals surface area contributed by atoms with Gasteiger partial charge in [-0.1, -0.05) is 13.0 Å². The third kappa shape index (κ3) is 5.36. The summed E-state index contributed by atoms with van der Waals surface area (Å²) in [4.78, 5) is 35.6. The van der Waals surface area contributed by atoms with Gasteiger partial charge in [-0.15, -0.1) is 0 Å². The molecule has 3 fully saturated rings. The van der Waals surface area contributed by atoms with E-state index >= 15 is 0 Å². The molecule has 2 N–H and O–H groups in total. The van der Waals surface area contributed by atoms with Crippen molar-refractivity contribution in [1.82, 2.24) is 20.5 Å². The third-order valence-corrected chi connectivity index (χ3v) is 9.31. The second-order valence-electron chi connectivity index (χ2n) is 11.7. The van der Waals surface area contributed by atoms with Crippen LogP contribution in [0, 0.1) is 12.8 Å². The number of nitrogens with one attached hydrogen (secondary N) is 2. The maximum Gasteiger partial charge on any atom is 0.253 e. The van der Waals surface area contributed by atoms with Crippen LogP contribution in [0.2, 0.25) is 0 Å². The Morgan fingerprint density at radius 3 is 2.69 bits per heavy atom. The molecule has 1 aliphatic carbocycles. The number of ether oxygens (including phenoxy) is 1. The van der Waals surface area contributed by atoms with E-state index in [9.17, 15) is 9.59 Å². The SMILES string of the molecule is CCN1CCCC(NC(=O)c2ccc(N3CCCC4CC(NC(=O)c5ccc6c(c5C)OCC6)CC43)nc2)C1. The van der Waals surface area contributed by atoms with Gasteiger partial charge in [0, 0.05) is 55.0 Å². The summed E-state index contributed by atoms with van der Waals surface area (Å²) in [5.41, 5.74) is 3.47. The standard InChI is InChI=1S/C31H41N5O3/c1-3-35-13-5-7-24(19-35)33-30(37)23-9-11-28(32-18-23)36-14-4-6-22-16-25(17-27(22)36)34-31(38)26-10-8-21-12-15-39-29(21)20(26)2/h8-11,18,22,24-25,27H,3-7,12-17,19H2,1-2H3,(H,33,37)(H,34,38). The number of pyridine rings is 1. The van der Waals surface area contributed by atoms with Gasteiger partial charge in [-0.25, -0.2) is 4.98 Å². The lowest BCUT2D eigenvalue weighted by atomic mass is 9.92. The lowest BCUT2D eigenvalue weighted by Crippen LogP contribution is -2.47. The molecule has 3 aliphatic heterocycles. The minimum Gasteiger partial charge on any atom is -0.493 e. The number of carbonyl (C=O) groups excluding carboxylic acids is 2. The zero-order valence-electron chi connectivity index (χ0n) is 23.2. The molecule has 0 spiro atoms. The number of aromatic nitrogens is 1. The van der Waals surface area contributed by atoms with Crippen LogP contribution in [0.3, 0.4) is 0 Å². The Kier molecular flexibility index (Phi) is 7.47. The van der Waals surface area contributed by atoms with E-state index in [1.54, 1.807) is 6.20 Å². The average Bonchev–Trinajstić information content (AvgIpc) is 3.60. The van der Waals surface area contributed by atoms with E-state index in [0.29, 0.717) is 29.7 Å². The fraction of sp³-hybridized carbons (Fsp3) is 0.581. The van der Waals surface area contributed by atoms with Crippen molar-refractivity contribution in [2.45, 2.75) is 76.9 Å². The number of amides is 2. The number of likely N-dealkylation sites (N-methyl/N-ethyl adjacent to an activating group) is 1. The van der Waals surface area contributed by atoms with Gasteiger partial charge in [0.05, 0.1) is 12.2 Å². The largest absolute Gasteiger partial charge is 0.493 e. The molecular formula is C31H41N5O3. The number of hydrogen-bond donors (Lipinski definition) is 2. The topological polar surface area (TPSA) is 86.8 Å². The Morgan fingerprint density at radius 1 is 1.03 bits per heavy atom. The zero-order valence-corrected chi connectivity index (χ0v) is 23.2. The summed E-state index contributed by atoms with van der Waals surface area (Å²) in [5, 5.41) is 6.54. The normalized spacial score (nSPS) is 26.5. The molecule has 4 heterocycles. The van der Waals surface area contributed by atoms with Crippen molar-refractivity contribution in [2.75, 3.05) is 37.7 Å². The fourth-order valence-electron chi connectivity index (χ4n) is 7.22. The summed E-state index contributed by atoms with van der Waals surface area (Å²) >= 11 is 0. The van der Waals surface area contributed by atoms with E-state index in [0.717, 1.165) is 81.8 Å². The third-order valence-electron chi connectivity index (χ3n) is 9.31. The van der Waals surface area contributed by atoms with E-state index in [1.807, 2.05) is 31.2 Å². The maximum atomic E-state index is 13.2. The minimum atomic E-state index is -0.0376. The molecule has 8 nitrogen and oxygen atoms in total. The summed E-state index contributed by atoms with van der Waals surface area (Å²) in [7, 11) is 0. The van der Waals surface area contributed by atoms with Gasteiger partial charge in [-0.05, 0) is 88.2 Å². The highest BCUT2D eigenvalue weighted by Crippen LogP contribution is 2.39. The van der Waals surface area contributed by atoms with Crippen molar-refractivity contribution in [3.8, 4) is 5.75 Å². The number of likely N-dealkylation sites (tertiary alicyclic amines) is 1. The molecular weight excluding hydrogens is 490 g/mol. The van der Waals surface area contributed by atoms with Crippen LogP contribution >= 0.6 is 0 Å². The van der Waals surface area contributed by atoms with Gasteiger partial charge in [0.2, 0.25) is 0 Å². The molecule has 1 aromatic heterocycles. The fourth-order valence-corrected chi connectivity index (χ4v) is 7.22. The summed E-state index contributed by atoms with van der Waals surface area (Å²) in [6.45, 7) is 8.86. The van der Waals surface area contributed by atoms with Crippen LogP contribution in [0.25, 0.3) is 0 Å². The number of carbonyl (C=O) groups is 2. The molecule has 2 saturated heterocycles. The maximum absolute atomic E-state index is 13.2. The van der Waals surface area contributed by atoms with E-state index < -0.39 is 0 Å². The van der Waals surface area contributed by atoms with E-state index in [1.165, 1.54) is 12.0 Å². The molecule has 39 heavy (non-hydrogen) atoms. The van der Waals surface area contributed by atoms with Crippen LogP contribution in [0.15, 0.2) is 30.5 Å². The molecule has 4 unspecified atom stereocenters. The van der Waals surface area contributed by atoms with Crippen LogP contribution in [-0.2, 0) is 6.42 Å². The van der Waals surface area contributed by atoms with Gasteiger partial charge >= 0.3 is 0 Å². The first kappa shape index (κ1) is 26.1. The van der Waals surface area contributed by atoms with Crippen molar-refractivity contribution >= 4 is 17.6 Å². The van der Waals surface area contributed by atoms with Crippen LogP contribution in [0.1, 0.15) is 77.3 Å². The number of nitrogens with zero attached hydrogens (tertiary/aromatic N) is 3. The molecule has 4 aliphatic rings. The lowest BCUT2D eigenvalue weighted by molar-refractivity contribution is 0.0903. The highest BCUT2D eigenvalue weighted by atomic mass is 16.5. The first-order valence-corrected chi connectivity index (χ1v) is 14.8. The van der Waals surface area contributed by atoms with E-state index in [-0.39, 0.29) is 23.9 Å². The number of rotatable bonds is 6. The molecule has 1 aromatic carbocycles. The number of piperidine rings is 2. The number of fused-ring (bicyclic) bond motifs is 2. The summed E-state index contributed by atoms with van der Waals surface area (Å²) in [6.07, 6.45) is 8.98. The second kappa shape index (κ2) is 11.2. The lowest BCUT2D eigenvalue weighted by Gasteiger charge is -2.38. The Bertz CT molecular complexity index is 1220. The first-order valence-electron chi connectivity index (χ1n) is 14.8. The van der Waals surface area contributed by atoms with Crippen molar-refractivity contribution in [3.05, 3.63) is 52.7 Å². The molecule has 4 atom stereocenters. The number of anilines is 1. The Labute approximate surface area is 231 Å². The van der Waals surface area contributed by atoms with Gasteiger partial charge in [-0.3, -0.25) is 9.59 Å². The summed E-state index contributed by atoms with van der Waals surface area (Å²) < 4.78 is 5.78. The van der Waals surface area contributed by atoms with Crippen LogP contribution in [-0.4, -0.2) is 72.6 Å². The highest BCUT2D eigenvalue weighted by Gasteiger charge is 2.41. The Balaban J connectivity index is 1.08. The predicted octanol–water partition coefficient (Wildman–Crippen LogP) is 3.72. The number of benzene rings is 1. The highest BCUT2D eigenvalue weighted by molar-refractivity contribution is 5.96. The molecule has 8 heteroatoms. The van der Waals surface area contributed by atoms with Crippen molar-refractivity contribution in [2.24, 2.45) is 5.92 Å². The predicted molar refractivity (Wildman–Crippen MR) is 152 cm³/mol. The van der Waals surface area contributed by atoms with E-state index in [4.69, 9.17) is 9.72 Å². The average molecular weight is 532 g/mol. The summed E-state index contributed by atoms with van der Waals surface area (Å²) in [6, 6.07) is 8.58. The molecule has 6 rings (SSSR count). The molecule has 2 amide bonds. The van der Waals surface area contributed by atoms with Gasteiger partial charge in [0.25, 0.3) is 11.8 Å². The van der Waals surface area contributed by atoms with Crippen LogP contribution in [0.5, 0.6) is 5.75 Å². The molecule has 0 bridgehead atoms. The monoisotopic (exact) mass is 531 g/mol. The van der Waals surface area contributed by atoms with Crippen LogP contribution in [0.4, 0.5) is 5.82 Å². The van der Waals surface area contributed by atoms with Gasteiger partial charge < -0.3 is 25.2 Å². The van der Waals surface area contributed by atoms with E-state index in [2.05, 4.69) is 27.4 Å². The Hall–Kier alpha value is -3.13. The van der Waals surface area contributed by atoms with Crippen molar-refractivity contribution in [3.63, 3.8) is 0 Å². The van der Waals surface area contributed by atoms with Crippen molar-refractivity contribution in [1.29, 1.82) is 0 Å². The second-order valence-corrected chi connectivity index (χ2v) is 11.7. The molecule has 208 valence electrons. The smallest absolute Gasteiger partial charge is 0.253 e. The van der Waals surface area contributed by atoms with Gasteiger partial charge in [0.1, 0.15) is 11.6 Å². The van der Waals surface area contributed by atoms with Crippen LogP contribution < -0.4 is 20.3 Å². The first-order chi connectivity index (χ1) is 19.0. The summed E-state index contributed by atoms with van der Waals surface area (Å²) in [5.74, 6) is 2.30. The molecule has 2 aromatic rings. The minimum absolute atomic E-state index is 0.00508. The zero-order chi connectivity index (χ0) is 26.9. The van der Waals surface area contributed by atoms with Crippen molar-refractivity contribution < 1.29 is 14.3 Å². The Morgan fingerprint density at radius 2 is 1.87 bits per heavy atom. The molecule has 0 radical (unpaired) electrons. The van der Waals surface area contributed by atoms with Gasteiger partial charge in [-0.2, -0.15) is 0 Å². The molecule has 1 saturated carbocycles. The number of hydrogen-bond acceptors (Lipinski definition) is 6. The van der Waals surface area contributed by atoms with Gasteiger partial charge in [0.15, 0.2) is 0 Å². The quantitative estimate of drug-likeness (QED) is 0.591.